The number of halogens is 1. The Labute approximate surface area is 102 Å². The van der Waals surface area contributed by atoms with Gasteiger partial charge in [0.15, 0.2) is 0 Å². The number of nitrogens with zero attached hydrogens (tertiary/aromatic N) is 2. The molecular weight excluding hydrogens is 228 g/mol. The fourth-order valence-electron chi connectivity index (χ4n) is 2.17. The lowest BCUT2D eigenvalue weighted by Gasteiger charge is -2.29. The molecule has 5 heteroatoms. The number of hydrogen-bond donors (Lipinski definition) is 0. The van der Waals surface area contributed by atoms with Gasteiger partial charge in [-0.1, -0.05) is 0 Å². The normalized spacial score (nSPS) is 19.9. The van der Waals surface area contributed by atoms with Gasteiger partial charge in [0.2, 0.25) is 11.8 Å². The van der Waals surface area contributed by atoms with Crippen LogP contribution >= 0.6 is 11.6 Å². The second-order valence-electron chi connectivity index (χ2n) is 4.07. The first-order valence-electron chi connectivity index (χ1n) is 5.71. The Hall–Kier alpha value is -0.770. The zero-order valence-electron chi connectivity index (χ0n) is 9.91. The summed E-state index contributed by atoms with van der Waals surface area (Å²) < 4.78 is 0. The summed E-state index contributed by atoms with van der Waals surface area (Å²) in [5.41, 5.74) is 0. The molecule has 0 aromatic carbocycles. The summed E-state index contributed by atoms with van der Waals surface area (Å²) >= 11 is 5.56. The number of likely N-dealkylation sites (tertiary alicyclic amines) is 1. The summed E-state index contributed by atoms with van der Waals surface area (Å²) in [5.74, 6) is 0.0688. The smallest absolute Gasteiger partial charge is 0.237 e. The first kappa shape index (κ1) is 13.3. The van der Waals surface area contributed by atoms with E-state index in [-0.39, 0.29) is 23.7 Å². The predicted molar refractivity (Wildman–Crippen MR) is 63.4 cm³/mol. The molecule has 0 bridgehead atoms. The Morgan fingerprint density at radius 2 is 2.19 bits per heavy atom. The van der Waals surface area contributed by atoms with Crippen LogP contribution in [-0.4, -0.2) is 53.2 Å². The zero-order valence-corrected chi connectivity index (χ0v) is 10.7. The number of likely N-dealkylation sites (N-methyl/N-ethyl adjacent to an activating group) is 1. The average Bonchev–Trinajstić information content (AvgIpc) is 2.72. The Morgan fingerprint density at radius 3 is 2.69 bits per heavy atom. The first-order valence-corrected chi connectivity index (χ1v) is 6.24. The van der Waals surface area contributed by atoms with Crippen LogP contribution in [0.15, 0.2) is 0 Å². The van der Waals surface area contributed by atoms with E-state index >= 15 is 0 Å². The molecule has 0 N–H and O–H groups in total. The van der Waals surface area contributed by atoms with Crippen molar-refractivity contribution in [2.45, 2.75) is 32.7 Å². The van der Waals surface area contributed by atoms with Crippen LogP contribution in [0.5, 0.6) is 0 Å². The maximum absolute atomic E-state index is 11.6. The molecule has 1 saturated heterocycles. The van der Waals surface area contributed by atoms with Crippen molar-refractivity contribution in [3.05, 3.63) is 0 Å². The largest absolute Gasteiger partial charge is 0.341 e. The van der Waals surface area contributed by atoms with Gasteiger partial charge in [0.1, 0.15) is 5.88 Å². The van der Waals surface area contributed by atoms with Crippen molar-refractivity contribution < 1.29 is 9.59 Å². The van der Waals surface area contributed by atoms with E-state index in [2.05, 4.69) is 0 Å². The molecule has 0 saturated carbocycles. The Morgan fingerprint density at radius 1 is 1.50 bits per heavy atom. The van der Waals surface area contributed by atoms with Crippen molar-refractivity contribution in [3.63, 3.8) is 0 Å². The summed E-state index contributed by atoms with van der Waals surface area (Å²) in [6.45, 7) is 5.60. The van der Waals surface area contributed by atoms with E-state index in [1.165, 1.54) is 0 Å². The van der Waals surface area contributed by atoms with Crippen molar-refractivity contribution in [2.24, 2.45) is 0 Å². The quantitative estimate of drug-likeness (QED) is 0.697. The van der Waals surface area contributed by atoms with E-state index in [4.69, 9.17) is 11.6 Å². The lowest BCUT2D eigenvalue weighted by atomic mass is 10.2. The molecule has 0 aromatic rings. The first-order chi connectivity index (χ1) is 7.60. The molecule has 0 aliphatic carbocycles. The van der Waals surface area contributed by atoms with Crippen molar-refractivity contribution in [3.8, 4) is 0 Å². The number of rotatable bonds is 4. The van der Waals surface area contributed by atoms with Gasteiger partial charge >= 0.3 is 0 Å². The van der Waals surface area contributed by atoms with E-state index in [0.29, 0.717) is 13.1 Å². The van der Waals surface area contributed by atoms with Gasteiger partial charge in [-0.05, 0) is 19.8 Å². The maximum Gasteiger partial charge on any atom is 0.237 e. The van der Waals surface area contributed by atoms with E-state index in [9.17, 15) is 9.59 Å². The van der Waals surface area contributed by atoms with Crippen LogP contribution < -0.4 is 0 Å². The molecule has 4 nitrogen and oxygen atoms in total. The van der Waals surface area contributed by atoms with Gasteiger partial charge in [-0.25, -0.2) is 0 Å². The van der Waals surface area contributed by atoms with Crippen molar-refractivity contribution >= 4 is 23.4 Å². The molecule has 1 fully saturated rings. The second-order valence-corrected chi connectivity index (χ2v) is 4.34. The molecule has 1 atom stereocenters. The second kappa shape index (κ2) is 6.09. The number of amides is 2. The highest BCUT2D eigenvalue weighted by Gasteiger charge is 2.29. The lowest BCUT2D eigenvalue weighted by Crippen LogP contribution is -2.45. The molecule has 16 heavy (non-hydrogen) atoms. The van der Waals surface area contributed by atoms with Crippen LogP contribution in [0.4, 0.5) is 0 Å². The van der Waals surface area contributed by atoms with E-state index in [1.54, 1.807) is 16.7 Å². The maximum atomic E-state index is 11.6. The number of carbonyl (C=O) groups excluding carboxylic acids is 2. The van der Waals surface area contributed by atoms with Crippen LogP contribution in [-0.2, 0) is 9.59 Å². The molecule has 0 spiro atoms. The topological polar surface area (TPSA) is 40.6 Å². The molecule has 92 valence electrons. The Bertz CT molecular complexity index is 271. The fourth-order valence-corrected chi connectivity index (χ4v) is 2.32. The summed E-state index contributed by atoms with van der Waals surface area (Å²) in [6, 6.07) is 0.148. The minimum Gasteiger partial charge on any atom is -0.341 e. The van der Waals surface area contributed by atoms with Gasteiger partial charge < -0.3 is 9.80 Å². The third kappa shape index (κ3) is 3.11. The van der Waals surface area contributed by atoms with Gasteiger partial charge in [0.25, 0.3) is 0 Å². The van der Waals surface area contributed by atoms with Crippen LogP contribution in [0, 0.1) is 0 Å². The van der Waals surface area contributed by atoms with Crippen LogP contribution in [0.25, 0.3) is 0 Å². The average molecular weight is 247 g/mol. The Balaban J connectivity index is 2.58. The molecule has 1 heterocycles. The van der Waals surface area contributed by atoms with Crippen molar-refractivity contribution in [1.29, 1.82) is 0 Å². The van der Waals surface area contributed by atoms with Crippen LogP contribution in [0.3, 0.4) is 0 Å². The summed E-state index contributed by atoms with van der Waals surface area (Å²) in [5, 5.41) is 0. The summed E-state index contributed by atoms with van der Waals surface area (Å²) in [4.78, 5) is 26.4. The van der Waals surface area contributed by atoms with E-state index < -0.39 is 0 Å². The van der Waals surface area contributed by atoms with Crippen molar-refractivity contribution in [2.75, 3.05) is 25.5 Å². The number of alkyl halides is 1. The molecule has 1 aliphatic rings. The van der Waals surface area contributed by atoms with Gasteiger partial charge in [0, 0.05) is 32.6 Å². The number of carbonyl (C=O) groups is 2. The van der Waals surface area contributed by atoms with Gasteiger partial charge in [-0.2, -0.15) is 0 Å². The lowest BCUT2D eigenvalue weighted by molar-refractivity contribution is -0.133. The van der Waals surface area contributed by atoms with Gasteiger partial charge in [-0.3, -0.25) is 9.59 Å². The third-order valence-corrected chi connectivity index (χ3v) is 3.30. The monoisotopic (exact) mass is 246 g/mol. The van der Waals surface area contributed by atoms with Crippen LogP contribution in [0.1, 0.15) is 26.7 Å². The summed E-state index contributed by atoms with van der Waals surface area (Å²) in [6.07, 6.45) is 1.97. The standard InChI is InChI=1S/C11H19ClN2O2/c1-3-13(9(2)15)8-10-5-4-6-14(10)11(16)7-12/h10H,3-8H2,1-2H3/t10-/m0/s1. The van der Waals surface area contributed by atoms with E-state index in [1.807, 2.05) is 6.92 Å². The zero-order chi connectivity index (χ0) is 12.1. The predicted octanol–water partition coefficient (Wildman–Crippen LogP) is 1.08. The Kier molecular flexibility index (Phi) is 5.06. The molecule has 0 aromatic heterocycles. The highest BCUT2D eigenvalue weighted by atomic mass is 35.5. The SMILES string of the molecule is CCN(C[C@@H]1CCCN1C(=O)CCl)C(C)=O. The molecule has 2 amide bonds. The third-order valence-electron chi connectivity index (χ3n) is 3.07. The number of hydrogen-bond acceptors (Lipinski definition) is 2. The van der Waals surface area contributed by atoms with E-state index in [0.717, 1.165) is 19.4 Å². The molecule has 0 radical (unpaired) electrons. The molecule has 1 aliphatic heterocycles. The van der Waals surface area contributed by atoms with Gasteiger partial charge in [0.05, 0.1) is 0 Å². The highest BCUT2D eigenvalue weighted by Crippen LogP contribution is 2.18. The van der Waals surface area contributed by atoms with Crippen LogP contribution in [0.2, 0.25) is 0 Å². The minimum absolute atomic E-state index is 0.0243. The molecule has 1 rings (SSSR count). The summed E-state index contributed by atoms with van der Waals surface area (Å²) in [7, 11) is 0. The molecule has 0 unspecified atom stereocenters. The molecular formula is C11H19ClN2O2. The highest BCUT2D eigenvalue weighted by molar-refractivity contribution is 6.27. The minimum atomic E-state index is -0.0243. The van der Waals surface area contributed by atoms with Gasteiger partial charge in [-0.15, -0.1) is 11.6 Å². The van der Waals surface area contributed by atoms with Crippen molar-refractivity contribution in [1.82, 2.24) is 9.80 Å². The fraction of sp³-hybridized carbons (Fsp3) is 0.818.